The summed E-state index contributed by atoms with van der Waals surface area (Å²) in [5.41, 5.74) is -12.6. The quantitative estimate of drug-likeness (QED) is 0.0689. The van der Waals surface area contributed by atoms with Crippen molar-refractivity contribution in [1.29, 1.82) is 0 Å². The number of alkyl halides is 21. The van der Waals surface area contributed by atoms with E-state index in [4.69, 9.17) is 56.8 Å². The molecular formula is C78H107F21O24. The van der Waals surface area contributed by atoms with Gasteiger partial charge in [-0.3, -0.25) is 28.8 Å². The fraction of sp³-hybridized carbons (Fsp3) is 0.897. The molecule has 0 radical (unpaired) electrons. The van der Waals surface area contributed by atoms with E-state index in [0.29, 0.717) is 18.8 Å². The number of rotatable bonds is 19. The highest BCUT2D eigenvalue weighted by Gasteiger charge is 2.76. The lowest BCUT2D eigenvalue weighted by molar-refractivity contribution is -0.391. The van der Waals surface area contributed by atoms with Crippen LogP contribution in [0.15, 0.2) is 0 Å². The zero-order valence-electron chi connectivity index (χ0n) is 70.2. The van der Waals surface area contributed by atoms with Gasteiger partial charge in [-0.05, 0) is 171 Å². The average molecular weight is 1830 g/mol. The van der Waals surface area contributed by atoms with Gasteiger partial charge >= 0.3 is 91.0 Å². The molecule has 0 amide bonds. The van der Waals surface area contributed by atoms with Gasteiger partial charge in [-0.2, -0.15) is 92.2 Å². The van der Waals surface area contributed by atoms with Crippen LogP contribution >= 0.6 is 0 Å². The maximum atomic E-state index is 13.3. The number of hydrogen-bond donors (Lipinski definition) is 2. The molecular weight excluding hydrogens is 1720 g/mol. The van der Waals surface area contributed by atoms with E-state index in [1.54, 1.807) is 48.5 Å². The first-order chi connectivity index (χ1) is 55.7. The highest BCUT2D eigenvalue weighted by Crippen LogP contribution is 2.58. The minimum Gasteiger partial charge on any atom is -0.462 e. The molecule has 2 N–H and O–H groups in total. The molecule has 0 aromatic carbocycles. The molecule has 4 saturated carbocycles. The molecule has 14 unspecified atom stereocenters. The van der Waals surface area contributed by atoms with Crippen molar-refractivity contribution in [3.8, 4) is 0 Å². The summed E-state index contributed by atoms with van der Waals surface area (Å²) >= 11 is 0. The summed E-state index contributed by atoms with van der Waals surface area (Å²) in [7, 11) is 0. The maximum Gasteiger partial charge on any atom is 0.434 e. The van der Waals surface area contributed by atoms with E-state index in [9.17, 15) is 141 Å². The minimum atomic E-state index is -6.28. The van der Waals surface area contributed by atoms with Crippen molar-refractivity contribution >= 4 is 47.8 Å². The molecule has 10 rings (SSSR count). The Morgan fingerprint density at radius 1 is 0.398 bits per heavy atom. The Balaban J connectivity index is 0.000000232. The molecule has 6 saturated heterocycles. The average Bonchev–Trinajstić information content (AvgIpc) is 1.49. The zero-order valence-corrected chi connectivity index (χ0v) is 70.2. The summed E-state index contributed by atoms with van der Waals surface area (Å²) in [4.78, 5) is 98.2. The molecule has 4 aliphatic carbocycles. The number of aliphatic hydroxyl groups is 2. The first-order valence-electron chi connectivity index (χ1n) is 40.3. The smallest absolute Gasteiger partial charge is 0.434 e. The van der Waals surface area contributed by atoms with Crippen LogP contribution in [0.25, 0.3) is 0 Å². The molecule has 2 spiro atoms. The second-order valence-corrected chi connectivity index (χ2v) is 36.4. The zero-order chi connectivity index (χ0) is 93.9. The molecule has 24 nitrogen and oxygen atoms in total. The number of carbonyl (C=O) groups excluding carboxylic acids is 8. The van der Waals surface area contributed by atoms with E-state index in [0.717, 1.165) is 12.3 Å². The normalized spacial score (nSPS) is 32.0. The second kappa shape index (κ2) is 36.8. The van der Waals surface area contributed by atoms with E-state index in [1.807, 2.05) is 20.8 Å². The Labute approximate surface area is 694 Å². The summed E-state index contributed by atoms with van der Waals surface area (Å²) in [6.07, 6.45) is -59.3. The Hall–Kier alpha value is -6.03. The lowest BCUT2D eigenvalue weighted by Crippen LogP contribution is -2.64. The maximum absolute atomic E-state index is 13.3. The molecule has 6 heterocycles. The third kappa shape index (κ3) is 23.4. The van der Waals surface area contributed by atoms with Crippen LogP contribution in [-0.2, 0) is 105 Å². The van der Waals surface area contributed by atoms with Gasteiger partial charge in [-0.1, -0.05) is 47.5 Å². The highest BCUT2D eigenvalue weighted by molar-refractivity contribution is 5.85. The van der Waals surface area contributed by atoms with Gasteiger partial charge in [0, 0.05) is 37.5 Å². The van der Waals surface area contributed by atoms with Crippen molar-refractivity contribution < 1.29 is 207 Å². The first kappa shape index (κ1) is 104. The summed E-state index contributed by atoms with van der Waals surface area (Å²) in [6.45, 7) is 27.2. The van der Waals surface area contributed by atoms with Crippen LogP contribution in [0.4, 0.5) is 92.2 Å². The predicted octanol–water partition coefficient (Wildman–Crippen LogP) is 16.1. The molecule has 0 aromatic heterocycles. The van der Waals surface area contributed by atoms with E-state index < -0.39 is 247 Å². The van der Waals surface area contributed by atoms with E-state index >= 15 is 0 Å². The van der Waals surface area contributed by atoms with Gasteiger partial charge in [0.1, 0.15) is 23.9 Å². The van der Waals surface area contributed by atoms with Crippen LogP contribution < -0.4 is 0 Å². The number of hydrogen-bond acceptors (Lipinski definition) is 24. The number of halogens is 21. The third-order valence-electron chi connectivity index (χ3n) is 25.5. The molecule has 45 heteroatoms. The first-order valence-corrected chi connectivity index (χ1v) is 40.3. The SMILES string of the molecule is CCC(C)(C)C(=O)OC(C)(C)C1CCC(C)CC1.CCC(C)(C)C(=O)OC1C(=O)OC2C3OC4(CCC(C(=O)OC(C(F)(F)F)C(F)(F)F)CC4)OC3OC12.CCC(C)(C)C(=O)OC1C(=O)OC2C3OC4(CCC(C(=O)OC(C(F)(F)F)C(F)(F)F)CC4)OC3OC12.CCC(C)(C)C(=O)OC1CC(C(C)(O)C(F)(F)F)CC(C(O)(C(F)(F)F)C(F)(F)F)C1. The Bertz CT molecular complexity index is 3500. The van der Waals surface area contributed by atoms with Crippen molar-refractivity contribution in [2.75, 3.05) is 0 Å². The van der Waals surface area contributed by atoms with Gasteiger partial charge < -0.3 is 76.5 Å². The molecule has 6 aliphatic heterocycles. The van der Waals surface area contributed by atoms with Crippen molar-refractivity contribution in [3.05, 3.63) is 0 Å². The van der Waals surface area contributed by atoms with Crippen LogP contribution in [0.5, 0.6) is 0 Å². The summed E-state index contributed by atoms with van der Waals surface area (Å²) < 4.78 is 347. The molecule has 10 fully saturated rings. The summed E-state index contributed by atoms with van der Waals surface area (Å²) in [5.74, 6) is -16.0. The Kier molecular flexibility index (Phi) is 31.2. The van der Waals surface area contributed by atoms with Crippen molar-refractivity contribution in [2.45, 2.75) is 384 Å². The van der Waals surface area contributed by atoms with Gasteiger partial charge in [-0.25, -0.2) is 9.59 Å². The van der Waals surface area contributed by atoms with E-state index in [1.165, 1.54) is 39.5 Å². The molecule has 0 bridgehead atoms. The van der Waals surface area contributed by atoms with Crippen LogP contribution in [0.2, 0.25) is 0 Å². The number of carbonyl (C=O) groups is 8. The number of ether oxygens (including phenoxy) is 14. The largest absolute Gasteiger partial charge is 0.462 e. The van der Waals surface area contributed by atoms with Gasteiger partial charge in [0.25, 0.3) is 17.8 Å². The second-order valence-electron chi connectivity index (χ2n) is 36.4. The van der Waals surface area contributed by atoms with Crippen molar-refractivity contribution in [3.63, 3.8) is 0 Å². The van der Waals surface area contributed by atoms with Gasteiger partial charge in [0.2, 0.25) is 12.2 Å². The minimum absolute atomic E-state index is 0.0476. The lowest BCUT2D eigenvalue weighted by atomic mass is 9.66. The standard InChI is InChI=1S/2C22H26F6O9.C18H25F9O4.C16H30O2/c2*1-4-19(2,3)18(31)34-12-10-11(32-15(12)30)13-16(33-10)37-20(36-13)7-5-9(6-8-20)14(29)35-17(21(23,24)25)22(26,27)28;1-5-13(2,3)12(28)31-11-7-9(14(4,29)16(19,20)21)6-10(8-11)15(30,17(22,23)24)18(25,26)27;1-7-15(3,4)14(17)18-16(5,6)13-10-8-12(2)9-11-13/h2*9-13,16-17H,4-8H2,1-3H3;9-11,29-30H,5-8H2,1-4H3;12-13H,7-11H2,1-6H3. The molecule has 0 aromatic rings. The molecule has 10 aliphatic rings. The summed E-state index contributed by atoms with van der Waals surface area (Å²) in [5, 5.41) is 19.6. The predicted molar refractivity (Wildman–Crippen MR) is 374 cm³/mol. The van der Waals surface area contributed by atoms with Gasteiger partial charge in [0.05, 0.1) is 33.5 Å². The van der Waals surface area contributed by atoms with Crippen LogP contribution in [-0.4, -0.2) is 209 Å². The monoisotopic (exact) mass is 1830 g/mol. The highest BCUT2D eigenvalue weighted by atomic mass is 19.4. The van der Waals surface area contributed by atoms with Gasteiger partial charge in [0.15, 0.2) is 54.2 Å². The van der Waals surface area contributed by atoms with Crippen LogP contribution in [0.3, 0.4) is 0 Å². The summed E-state index contributed by atoms with van der Waals surface area (Å²) in [6, 6.07) is 0. The van der Waals surface area contributed by atoms with Crippen molar-refractivity contribution in [2.24, 2.45) is 57.2 Å². The van der Waals surface area contributed by atoms with Gasteiger partial charge in [-0.15, -0.1) is 0 Å². The molecule has 14 atom stereocenters. The Morgan fingerprint density at radius 3 is 1.02 bits per heavy atom. The topological polar surface area (TPSA) is 306 Å². The van der Waals surface area contributed by atoms with Crippen LogP contribution in [0.1, 0.15) is 233 Å². The van der Waals surface area contributed by atoms with E-state index in [-0.39, 0.29) is 81.7 Å². The number of fused-ring (bicyclic) bond motifs is 6. The Morgan fingerprint density at radius 2 is 0.715 bits per heavy atom. The van der Waals surface area contributed by atoms with E-state index in [2.05, 4.69) is 30.2 Å². The van der Waals surface area contributed by atoms with Crippen molar-refractivity contribution in [1.82, 2.24) is 0 Å². The molecule has 123 heavy (non-hydrogen) atoms. The van der Waals surface area contributed by atoms with Crippen LogP contribution in [0, 0.1) is 57.2 Å². The molecule has 710 valence electrons. The fourth-order valence-electron chi connectivity index (χ4n) is 15.4. The number of esters is 8. The third-order valence-corrected chi connectivity index (χ3v) is 25.5. The fourth-order valence-corrected chi connectivity index (χ4v) is 15.4. The lowest BCUT2D eigenvalue weighted by Gasteiger charge is -2.47.